The van der Waals surface area contributed by atoms with Crippen molar-refractivity contribution >= 4 is 29.1 Å². The molecule has 0 atom stereocenters. The van der Waals surface area contributed by atoms with Gasteiger partial charge in [0.15, 0.2) is 11.0 Å². The predicted octanol–water partition coefficient (Wildman–Crippen LogP) is 3.61. The van der Waals surface area contributed by atoms with Crippen molar-refractivity contribution in [1.29, 1.82) is 0 Å². The zero-order valence-corrected chi connectivity index (χ0v) is 15.2. The number of piperazine rings is 1. The number of carbonyl (C=O) groups is 1. The van der Waals surface area contributed by atoms with E-state index in [9.17, 15) is 4.79 Å². The number of nitrogens with zero attached hydrogens (tertiary/aromatic N) is 4. The van der Waals surface area contributed by atoms with Gasteiger partial charge in [0, 0.05) is 31.9 Å². The summed E-state index contributed by atoms with van der Waals surface area (Å²) >= 11 is 5.77. The molecular weight excluding hydrogens is 338 g/mol. The zero-order chi connectivity index (χ0) is 17.8. The molecule has 2 aromatic rings. The van der Waals surface area contributed by atoms with Crippen molar-refractivity contribution in [3.63, 3.8) is 0 Å². The zero-order valence-electron chi connectivity index (χ0n) is 14.4. The van der Waals surface area contributed by atoms with Crippen LogP contribution in [0.1, 0.15) is 25.3 Å². The number of benzene rings is 1. The van der Waals surface area contributed by atoms with Crippen LogP contribution < -0.4 is 10.2 Å². The van der Waals surface area contributed by atoms with E-state index in [1.165, 1.54) is 5.56 Å². The summed E-state index contributed by atoms with van der Waals surface area (Å²) in [6, 6.07) is 11.5. The predicted molar refractivity (Wildman–Crippen MR) is 100 cm³/mol. The van der Waals surface area contributed by atoms with E-state index in [-0.39, 0.29) is 6.03 Å². The highest BCUT2D eigenvalue weighted by Crippen LogP contribution is 2.18. The number of halogens is 1. The second-order valence-electron chi connectivity index (χ2n) is 6.40. The molecule has 1 N–H and O–H groups in total. The molecule has 0 aliphatic carbocycles. The molecule has 1 aromatic carbocycles. The van der Waals surface area contributed by atoms with Crippen molar-refractivity contribution in [2.24, 2.45) is 0 Å². The number of hydrogen-bond donors (Lipinski definition) is 1. The van der Waals surface area contributed by atoms with Crippen LogP contribution in [0.3, 0.4) is 0 Å². The minimum Gasteiger partial charge on any atom is -0.352 e. The number of rotatable bonds is 3. The Kier molecular flexibility index (Phi) is 5.38. The van der Waals surface area contributed by atoms with Gasteiger partial charge < -0.3 is 15.1 Å². The molecule has 3 rings (SSSR count). The molecule has 0 saturated carbocycles. The average Bonchev–Trinajstić information content (AvgIpc) is 2.63. The fourth-order valence-electron chi connectivity index (χ4n) is 2.77. The standard InChI is InChI=1S/C18H22ClN5O/c1-13(2)14-3-5-15(6-4-14)20-18(25)24-11-9-23(10-12-24)17-8-7-16(19)21-22-17/h3-8,13H,9-12H2,1-2H3,(H,20,25). The van der Waals surface area contributed by atoms with Gasteiger partial charge in [-0.25, -0.2) is 4.79 Å². The molecule has 132 valence electrons. The van der Waals surface area contributed by atoms with Gasteiger partial charge >= 0.3 is 6.03 Å². The monoisotopic (exact) mass is 359 g/mol. The molecule has 6 nitrogen and oxygen atoms in total. The minimum absolute atomic E-state index is 0.0702. The molecule has 25 heavy (non-hydrogen) atoms. The van der Waals surface area contributed by atoms with Crippen molar-refractivity contribution in [1.82, 2.24) is 15.1 Å². The second kappa shape index (κ2) is 7.70. The van der Waals surface area contributed by atoms with Crippen LogP contribution in [-0.4, -0.2) is 47.3 Å². The van der Waals surface area contributed by atoms with Crippen LogP contribution in [0, 0.1) is 0 Å². The Morgan fingerprint density at radius 2 is 1.72 bits per heavy atom. The third kappa shape index (κ3) is 4.39. The molecule has 0 spiro atoms. The third-order valence-electron chi connectivity index (χ3n) is 4.34. The van der Waals surface area contributed by atoms with Gasteiger partial charge in [0.05, 0.1) is 0 Å². The SMILES string of the molecule is CC(C)c1ccc(NC(=O)N2CCN(c3ccc(Cl)nn3)CC2)cc1. The first-order valence-corrected chi connectivity index (χ1v) is 8.81. The molecular formula is C18H22ClN5O. The van der Waals surface area contributed by atoms with Crippen molar-refractivity contribution in [3.8, 4) is 0 Å². The van der Waals surface area contributed by atoms with Gasteiger partial charge in [-0.1, -0.05) is 37.6 Å². The quantitative estimate of drug-likeness (QED) is 0.909. The maximum Gasteiger partial charge on any atom is 0.321 e. The summed E-state index contributed by atoms with van der Waals surface area (Å²) in [6.45, 7) is 7.02. The molecule has 1 aliphatic heterocycles. The molecule has 1 aromatic heterocycles. The summed E-state index contributed by atoms with van der Waals surface area (Å²) in [5.74, 6) is 1.27. The van der Waals surface area contributed by atoms with Crippen LogP contribution in [0.25, 0.3) is 0 Å². The maximum atomic E-state index is 12.4. The van der Waals surface area contributed by atoms with Crippen molar-refractivity contribution in [2.75, 3.05) is 36.4 Å². The van der Waals surface area contributed by atoms with Gasteiger partial charge in [-0.05, 0) is 35.7 Å². The number of aromatic nitrogens is 2. The number of anilines is 2. The largest absolute Gasteiger partial charge is 0.352 e. The summed E-state index contributed by atoms with van der Waals surface area (Å²) in [5, 5.41) is 11.3. The molecule has 7 heteroatoms. The van der Waals surface area contributed by atoms with Gasteiger partial charge in [0.2, 0.25) is 0 Å². The highest BCUT2D eigenvalue weighted by Gasteiger charge is 2.22. The van der Waals surface area contributed by atoms with Crippen LogP contribution in [-0.2, 0) is 0 Å². The minimum atomic E-state index is -0.0702. The van der Waals surface area contributed by atoms with Crippen LogP contribution in [0.5, 0.6) is 0 Å². The number of urea groups is 1. The average molecular weight is 360 g/mol. The van der Waals surface area contributed by atoms with Crippen molar-refractivity contribution < 1.29 is 4.79 Å². The van der Waals surface area contributed by atoms with Gasteiger partial charge in [-0.3, -0.25) is 0 Å². The molecule has 2 heterocycles. The van der Waals surface area contributed by atoms with Crippen LogP contribution in [0.15, 0.2) is 36.4 Å². The molecule has 1 saturated heterocycles. The third-order valence-corrected chi connectivity index (χ3v) is 4.54. The van der Waals surface area contributed by atoms with E-state index in [0.29, 0.717) is 24.2 Å². The first-order chi connectivity index (χ1) is 12.0. The van der Waals surface area contributed by atoms with E-state index in [4.69, 9.17) is 11.6 Å². The molecule has 1 fully saturated rings. The number of carbonyl (C=O) groups excluding carboxylic acids is 1. The summed E-state index contributed by atoms with van der Waals surface area (Å²) in [7, 11) is 0. The van der Waals surface area contributed by atoms with Crippen molar-refractivity contribution in [2.45, 2.75) is 19.8 Å². The van der Waals surface area contributed by atoms with Gasteiger partial charge in [0.25, 0.3) is 0 Å². The smallest absolute Gasteiger partial charge is 0.321 e. The molecule has 0 radical (unpaired) electrons. The lowest BCUT2D eigenvalue weighted by Crippen LogP contribution is -2.50. The van der Waals surface area contributed by atoms with E-state index >= 15 is 0 Å². The topological polar surface area (TPSA) is 61.4 Å². The van der Waals surface area contributed by atoms with Crippen LogP contribution >= 0.6 is 11.6 Å². The first kappa shape index (κ1) is 17.5. The number of amides is 2. The molecule has 0 bridgehead atoms. The fraction of sp³-hybridized carbons (Fsp3) is 0.389. The maximum absolute atomic E-state index is 12.4. The molecule has 1 aliphatic rings. The van der Waals surface area contributed by atoms with E-state index in [1.54, 1.807) is 6.07 Å². The lowest BCUT2D eigenvalue weighted by atomic mass is 10.0. The van der Waals surface area contributed by atoms with Gasteiger partial charge in [0.1, 0.15) is 0 Å². The van der Waals surface area contributed by atoms with Crippen molar-refractivity contribution in [3.05, 3.63) is 47.1 Å². The summed E-state index contributed by atoms with van der Waals surface area (Å²) in [5.41, 5.74) is 2.08. The lowest BCUT2D eigenvalue weighted by Gasteiger charge is -2.35. The Labute approximate surface area is 152 Å². The molecule has 2 amide bonds. The lowest BCUT2D eigenvalue weighted by molar-refractivity contribution is 0.208. The second-order valence-corrected chi connectivity index (χ2v) is 6.78. The number of nitrogens with one attached hydrogen (secondary N) is 1. The Bertz CT molecular complexity index is 709. The van der Waals surface area contributed by atoms with Crippen LogP contribution in [0.2, 0.25) is 5.15 Å². The summed E-state index contributed by atoms with van der Waals surface area (Å²) < 4.78 is 0. The van der Waals surface area contributed by atoms with Gasteiger partial charge in [-0.15, -0.1) is 10.2 Å². The van der Waals surface area contributed by atoms with E-state index in [0.717, 1.165) is 24.6 Å². The Morgan fingerprint density at radius 1 is 1.04 bits per heavy atom. The highest BCUT2D eigenvalue weighted by molar-refractivity contribution is 6.29. The Hall–Kier alpha value is -2.34. The van der Waals surface area contributed by atoms with E-state index in [2.05, 4.69) is 46.4 Å². The van der Waals surface area contributed by atoms with Crippen LogP contribution in [0.4, 0.5) is 16.3 Å². The first-order valence-electron chi connectivity index (χ1n) is 8.43. The van der Waals surface area contributed by atoms with Gasteiger partial charge in [-0.2, -0.15) is 0 Å². The summed E-state index contributed by atoms with van der Waals surface area (Å²) in [4.78, 5) is 16.3. The molecule has 0 unspecified atom stereocenters. The normalized spacial score (nSPS) is 14.7. The Balaban J connectivity index is 1.53. The highest BCUT2D eigenvalue weighted by atomic mass is 35.5. The number of hydrogen-bond acceptors (Lipinski definition) is 4. The van der Waals surface area contributed by atoms with E-state index < -0.39 is 0 Å². The fourth-order valence-corrected chi connectivity index (χ4v) is 2.87. The van der Waals surface area contributed by atoms with E-state index in [1.807, 2.05) is 23.1 Å². The summed E-state index contributed by atoms with van der Waals surface area (Å²) in [6.07, 6.45) is 0. The Morgan fingerprint density at radius 3 is 2.28 bits per heavy atom.